The molecule has 2 rings (SSSR count). The van der Waals surface area contributed by atoms with E-state index in [-0.39, 0.29) is 29.5 Å². The third-order valence-electron chi connectivity index (χ3n) is 5.39. The molecule has 2 aliphatic rings. The van der Waals surface area contributed by atoms with Gasteiger partial charge in [-0.05, 0) is 31.7 Å². The van der Waals surface area contributed by atoms with Gasteiger partial charge >= 0.3 is 0 Å². The molecule has 154 valence electrons. The highest BCUT2D eigenvalue weighted by Gasteiger charge is 2.40. The van der Waals surface area contributed by atoms with Crippen LogP contribution in [0.25, 0.3) is 0 Å². The Morgan fingerprint density at radius 3 is 2.35 bits per heavy atom. The highest BCUT2D eigenvalue weighted by atomic mass is 35.5. The Balaban J connectivity index is 0.00000338. The molecule has 2 fully saturated rings. The molecular weight excluding hydrogens is 374 g/mol. The second-order valence-corrected chi connectivity index (χ2v) is 10.1. The fourth-order valence-corrected chi connectivity index (χ4v) is 6.53. The summed E-state index contributed by atoms with van der Waals surface area (Å²) < 4.78 is 25.9. The first-order valence-corrected chi connectivity index (χ1v) is 11.5. The molecule has 8 heteroatoms. The van der Waals surface area contributed by atoms with Gasteiger partial charge in [0, 0.05) is 32.7 Å². The number of hydrogen-bond donors (Lipinski definition) is 2. The Labute approximate surface area is 165 Å². The van der Waals surface area contributed by atoms with Crippen LogP contribution in [0.4, 0.5) is 0 Å². The molecular formula is C18H36ClN3O3S. The maximum atomic E-state index is 13.0. The summed E-state index contributed by atoms with van der Waals surface area (Å²) in [6.45, 7) is 9.28. The predicted molar refractivity (Wildman–Crippen MR) is 109 cm³/mol. The van der Waals surface area contributed by atoms with Gasteiger partial charge in [0.05, 0.1) is 5.25 Å². The molecule has 6 nitrogen and oxygen atoms in total. The Morgan fingerprint density at radius 2 is 1.77 bits per heavy atom. The van der Waals surface area contributed by atoms with Crippen molar-refractivity contribution in [2.45, 2.75) is 62.9 Å². The van der Waals surface area contributed by atoms with Crippen molar-refractivity contribution in [2.24, 2.45) is 5.92 Å². The number of rotatable bonds is 8. The van der Waals surface area contributed by atoms with Gasteiger partial charge in [-0.25, -0.2) is 8.42 Å². The van der Waals surface area contributed by atoms with Gasteiger partial charge in [-0.1, -0.05) is 33.1 Å². The van der Waals surface area contributed by atoms with E-state index in [1.807, 2.05) is 13.8 Å². The summed E-state index contributed by atoms with van der Waals surface area (Å²) in [5.74, 6) is -0.499. The molecule has 2 N–H and O–H groups in total. The smallest absolute Gasteiger partial charge is 0.238 e. The van der Waals surface area contributed by atoms with Gasteiger partial charge < -0.3 is 15.5 Å². The van der Waals surface area contributed by atoms with Crippen molar-refractivity contribution in [1.82, 2.24) is 15.5 Å². The zero-order valence-electron chi connectivity index (χ0n) is 16.2. The number of nitrogens with zero attached hydrogens (tertiary/aromatic N) is 1. The first kappa shape index (κ1) is 23.7. The zero-order chi connectivity index (χ0) is 18.3. The lowest BCUT2D eigenvalue weighted by molar-refractivity contribution is -0.121. The maximum Gasteiger partial charge on any atom is 0.238 e. The number of carbonyl (C=O) groups is 1. The van der Waals surface area contributed by atoms with Crippen LogP contribution in [-0.2, 0) is 14.6 Å². The Kier molecular flexibility index (Phi) is 10.4. The lowest BCUT2D eigenvalue weighted by Gasteiger charge is -2.29. The third kappa shape index (κ3) is 6.66. The molecule has 0 aromatic heterocycles. The minimum absolute atomic E-state index is 0. The van der Waals surface area contributed by atoms with E-state index in [1.54, 1.807) is 0 Å². The van der Waals surface area contributed by atoms with Crippen LogP contribution in [0.15, 0.2) is 0 Å². The summed E-state index contributed by atoms with van der Waals surface area (Å²) >= 11 is 0. The van der Waals surface area contributed by atoms with E-state index in [4.69, 9.17) is 0 Å². The maximum absolute atomic E-state index is 13.0. The van der Waals surface area contributed by atoms with Crippen LogP contribution >= 0.6 is 12.4 Å². The van der Waals surface area contributed by atoms with Gasteiger partial charge in [0.2, 0.25) is 5.91 Å². The minimum atomic E-state index is -3.41. The van der Waals surface area contributed by atoms with E-state index in [0.717, 1.165) is 58.4 Å². The van der Waals surface area contributed by atoms with E-state index in [2.05, 4.69) is 15.5 Å². The van der Waals surface area contributed by atoms with Gasteiger partial charge in [0.1, 0.15) is 5.25 Å². The number of sulfone groups is 1. The molecule has 0 aromatic rings. The van der Waals surface area contributed by atoms with E-state index in [1.165, 1.54) is 0 Å². The highest BCUT2D eigenvalue weighted by Crippen LogP contribution is 2.29. The largest absolute Gasteiger partial charge is 0.355 e. The van der Waals surface area contributed by atoms with Crippen LogP contribution in [-0.4, -0.2) is 69.0 Å². The molecule has 1 unspecified atom stereocenters. The van der Waals surface area contributed by atoms with Crippen LogP contribution < -0.4 is 10.6 Å². The van der Waals surface area contributed by atoms with Crippen LogP contribution in [0.3, 0.4) is 0 Å². The van der Waals surface area contributed by atoms with Crippen LogP contribution in [0.1, 0.15) is 52.4 Å². The predicted octanol–water partition coefficient (Wildman–Crippen LogP) is 1.59. The fourth-order valence-electron chi connectivity index (χ4n) is 3.98. The fraction of sp³-hybridized carbons (Fsp3) is 0.944. The Morgan fingerprint density at radius 1 is 1.15 bits per heavy atom. The summed E-state index contributed by atoms with van der Waals surface area (Å²) in [5.41, 5.74) is 0. The second-order valence-electron chi connectivity index (χ2n) is 7.75. The van der Waals surface area contributed by atoms with Crippen molar-refractivity contribution in [2.75, 3.05) is 39.3 Å². The van der Waals surface area contributed by atoms with Gasteiger partial charge in [0.25, 0.3) is 0 Å². The zero-order valence-corrected chi connectivity index (χ0v) is 17.8. The Bertz CT molecular complexity index is 516. The van der Waals surface area contributed by atoms with E-state index < -0.39 is 15.1 Å². The molecule has 0 spiro atoms. The van der Waals surface area contributed by atoms with Crippen LogP contribution in [0, 0.1) is 5.92 Å². The van der Waals surface area contributed by atoms with Crippen molar-refractivity contribution in [3.05, 3.63) is 0 Å². The van der Waals surface area contributed by atoms with Crippen molar-refractivity contribution in [3.63, 3.8) is 0 Å². The summed E-state index contributed by atoms with van der Waals surface area (Å²) in [5, 5.41) is 4.97. The average molecular weight is 410 g/mol. The van der Waals surface area contributed by atoms with Gasteiger partial charge in [-0.2, -0.15) is 0 Å². The molecule has 1 aliphatic carbocycles. The first-order chi connectivity index (χ1) is 11.9. The molecule has 1 heterocycles. The molecule has 26 heavy (non-hydrogen) atoms. The first-order valence-electron chi connectivity index (χ1n) is 9.86. The normalized spacial score (nSPS) is 21.2. The highest BCUT2D eigenvalue weighted by molar-refractivity contribution is 7.93. The van der Waals surface area contributed by atoms with Crippen molar-refractivity contribution in [1.29, 1.82) is 0 Å². The number of nitrogens with one attached hydrogen (secondary N) is 2. The molecule has 1 atom stereocenters. The van der Waals surface area contributed by atoms with Crippen molar-refractivity contribution in [3.8, 4) is 0 Å². The van der Waals surface area contributed by atoms with Gasteiger partial charge in [-0.3, -0.25) is 4.79 Å². The minimum Gasteiger partial charge on any atom is -0.355 e. The summed E-state index contributed by atoms with van der Waals surface area (Å²) in [6.07, 6.45) is 5.31. The summed E-state index contributed by atoms with van der Waals surface area (Å²) in [6, 6.07) is 0. The topological polar surface area (TPSA) is 78.5 Å². The molecule has 1 aliphatic heterocycles. The SMILES string of the molecule is CC(C)C(C(=O)NCCCN1CCNCC1)S(=O)(=O)C1CCCCC1.Cl. The molecule has 0 aromatic carbocycles. The van der Waals surface area contributed by atoms with Crippen LogP contribution in [0.5, 0.6) is 0 Å². The number of piperazine rings is 1. The quantitative estimate of drug-likeness (QED) is 0.595. The number of carbonyl (C=O) groups excluding carboxylic acids is 1. The standard InChI is InChI=1S/C18H35N3O3S.ClH/c1-15(2)17(25(23,24)16-7-4-3-5-8-16)18(22)20-9-6-12-21-13-10-19-11-14-21;/h15-17,19H,3-14H2,1-2H3,(H,20,22);1H. The summed E-state index contributed by atoms with van der Waals surface area (Å²) in [4.78, 5) is 15.0. The molecule has 1 saturated heterocycles. The summed E-state index contributed by atoms with van der Waals surface area (Å²) in [7, 11) is -3.41. The van der Waals surface area contributed by atoms with Crippen molar-refractivity contribution < 1.29 is 13.2 Å². The number of halogens is 1. The number of amides is 1. The lowest BCUT2D eigenvalue weighted by atomic mass is 10.0. The van der Waals surface area contributed by atoms with E-state index >= 15 is 0 Å². The Hall–Kier alpha value is -0.370. The molecule has 0 radical (unpaired) electrons. The van der Waals surface area contributed by atoms with Crippen molar-refractivity contribution >= 4 is 28.2 Å². The van der Waals surface area contributed by atoms with Gasteiger partial charge in [0.15, 0.2) is 9.84 Å². The monoisotopic (exact) mass is 409 g/mol. The second kappa shape index (κ2) is 11.5. The third-order valence-corrected chi connectivity index (χ3v) is 8.26. The molecule has 1 amide bonds. The van der Waals surface area contributed by atoms with Crippen LogP contribution in [0.2, 0.25) is 0 Å². The molecule has 0 bridgehead atoms. The van der Waals surface area contributed by atoms with E-state index in [9.17, 15) is 13.2 Å². The lowest BCUT2D eigenvalue weighted by Crippen LogP contribution is -2.48. The average Bonchev–Trinajstić information content (AvgIpc) is 2.60. The number of hydrogen-bond acceptors (Lipinski definition) is 5. The molecule has 1 saturated carbocycles. The van der Waals surface area contributed by atoms with E-state index in [0.29, 0.717) is 19.4 Å². The van der Waals surface area contributed by atoms with Gasteiger partial charge in [-0.15, -0.1) is 12.4 Å².